The summed E-state index contributed by atoms with van der Waals surface area (Å²) in [6.45, 7) is 1.70. The third-order valence-corrected chi connectivity index (χ3v) is 5.07. The molecule has 3 rings (SSSR count). The second-order valence-electron chi connectivity index (χ2n) is 4.94. The second-order valence-corrected chi connectivity index (χ2v) is 6.28. The van der Waals surface area contributed by atoms with Gasteiger partial charge in [-0.15, -0.1) is 22.9 Å². The summed E-state index contributed by atoms with van der Waals surface area (Å²) in [5.74, 6) is 0.0601. The molecule has 19 heavy (non-hydrogen) atoms. The van der Waals surface area contributed by atoms with Crippen molar-refractivity contribution in [2.45, 2.75) is 24.6 Å². The van der Waals surface area contributed by atoms with Gasteiger partial charge in [0.2, 0.25) is 5.91 Å². The summed E-state index contributed by atoms with van der Waals surface area (Å²) in [6, 6.07) is 8.12. The van der Waals surface area contributed by atoms with Gasteiger partial charge in [-0.25, -0.2) is 0 Å². The number of benzene rings is 1. The highest BCUT2D eigenvalue weighted by Crippen LogP contribution is 2.34. The van der Waals surface area contributed by atoms with Gasteiger partial charge in [0.05, 0.1) is 0 Å². The summed E-state index contributed by atoms with van der Waals surface area (Å²) in [5, 5.41) is 2.58. The quantitative estimate of drug-likeness (QED) is 0.760. The first kappa shape index (κ1) is 12.9. The molecule has 0 bridgehead atoms. The normalized spacial score (nSPS) is 17.6. The molecule has 1 amide bonds. The monoisotopic (exact) mass is 293 g/mol. The van der Waals surface area contributed by atoms with Gasteiger partial charge in [0.1, 0.15) is 5.38 Å². The van der Waals surface area contributed by atoms with Gasteiger partial charge in [0.15, 0.2) is 0 Å². The van der Waals surface area contributed by atoms with Crippen LogP contribution in [0.15, 0.2) is 29.6 Å². The molecule has 1 aromatic carbocycles. The van der Waals surface area contributed by atoms with E-state index in [0.717, 1.165) is 36.9 Å². The number of carbonyl (C=O) groups excluding carboxylic acids is 1. The standard InChI is InChI=1S/C15H16ClNOS/c16-14(15(18)17-8-4-1-5-9-17)12-10-19-13-7-3-2-6-11(12)13/h2-3,6-7,10,14H,1,4-5,8-9H2. The van der Waals surface area contributed by atoms with E-state index in [2.05, 4.69) is 6.07 Å². The van der Waals surface area contributed by atoms with E-state index in [4.69, 9.17) is 11.6 Å². The van der Waals surface area contributed by atoms with Gasteiger partial charge in [-0.2, -0.15) is 0 Å². The molecule has 1 fully saturated rings. The Morgan fingerprint density at radius 3 is 2.74 bits per heavy atom. The number of fused-ring (bicyclic) bond motifs is 1. The maximum atomic E-state index is 12.4. The summed E-state index contributed by atoms with van der Waals surface area (Å²) in [7, 11) is 0. The minimum atomic E-state index is -0.547. The smallest absolute Gasteiger partial charge is 0.245 e. The number of hydrogen-bond acceptors (Lipinski definition) is 2. The lowest BCUT2D eigenvalue weighted by Crippen LogP contribution is -2.37. The van der Waals surface area contributed by atoms with Crippen LogP contribution in [0.3, 0.4) is 0 Å². The maximum absolute atomic E-state index is 12.4. The largest absolute Gasteiger partial charge is 0.341 e. The van der Waals surface area contributed by atoms with Crippen LogP contribution in [0.1, 0.15) is 30.2 Å². The van der Waals surface area contributed by atoms with E-state index >= 15 is 0 Å². The van der Waals surface area contributed by atoms with Crippen molar-refractivity contribution in [2.24, 2.45) is 0 Å². The molecule has 1 aromatic heterocycles. The molecule has 0 radical (unpaired) electrons. The zero-order valence-corrected chi connectivity index (χ0v) is 12.2. The molecular formula is C15H16ClNOS. The van der Waals surface area contributed by atoms with E-state index in [1.807, 2.05) is 28.5 Å². The third-order valence-electron chi connectivity index (χ3n) is 3.67. The molecule has 1 atom stereocenters. The molecule has 0 saturated carbocycles. The fourth-order valence-electron chi connectivity index (χ4n) is 2.60. The Bertz CT molecular complexity index is 589. The molecule has 100 valence electrons. The van der Waals surface area contributed by atoms with E-state index in [-0.39, 0.29) is 5.91 Å². The van der Waals surface area contributed by atoms with Crippen molar-refractivity contribution < 1.29 is 4.79 Å². The molecule has 1 aliphatic rings. The average molecular weight is 294 g/mol. The van der Waals surface area contributed by atoms with Crippen molar-refractivity contribution in [2.75, 3.05) is 13.1 Å². The van der Waals surface area contributed by atoms with Crippen molar-refractivity contribution in [3.63, 3.8) is 0 Å². The van der Waals surface area contributed by atoms with Crippen LogP contribution in [0.4, 0.5) is 0 Å². The first-order chi connectivity index (χ1) is 9.27. The summed E-state index contributed by atoms with van der Waals surface area (Å²) in [5.41, 5.74) is 0.956. The number of alkyl halides is 1. The Balaban J connectivity index is 1.86. The van der Waals surface area contributed by atoms with Crippen molar-refractivity contribution in [3.05, 3.63) is 35.2 Å². The molecule has 1 saturated heterocycles. The topological polar surface area (TPSA) is 20.3 Å². The van der Waals surface area contributed by atoms with Gasteiger partial charge in [-0.1, -0.05) is 18.2 Å². The number of thiophene rings is 1. The van der Waals surface area contributed by atoms with Crippen molar-refractivity contribution in [1.82, 2.24) is 4.90 Å². The Morgan fingerprint density at radius 2 is 1.95 bits per heavy atom. The van der Waals surface area contributed by atoms with Crippen LogP contribution < -0.4 is 0 Å². The van der Waals surface area contributed by atoms with Crippen LogP contribution in [0.5, 0.6) is 0 Å². The SMILES string of the molecule is O=C(C(Cl)c1csc2ccccc12)N1CCCCC1. The molecule has 2 nitrogen and oxygen atoms in total. The second kappa shape index (κ2) is 5.51. The molecule has 4 heteroatoms. The van der Waals surface area contributed by atoms with Gasteiger partial charge in [-0.3, -0.25) is 4.79 Å². The molecule has 1 aliphatic heterocycles. The highest BCUT2D eigenvalue weighted by molar-refractivity contribution is 7.17. The van der Waals surface area contributed by atoms with Gasteiger partial charge in [0.25, 0.3) is 0 Å². The third kappa shape index (κ3) is 2.49. The number of carbonyl (C=O) groups is 1. The predicted octanol–water partition coefficient (Wildman–Crippen LogP) is 4.19. The number of halogens is 1. The minimum Gasteiger partial charge on any atom is -0.341 e. The van der Waals surface area contributed by atoms with E-state index in [0.29, 0.717) is 0 Å². The van der Waals surface area contributed by atoms with Gasteiger partial charge < -0.3 is 4.90 Å². The van der Waals surface area contributed by atoms with E-state index < -0.39 is 5.38 Å². The Hall–Kier alpha value is -1.06. The average Bonchev–Trinajstić information content (AvgIpc) is 2.90. The zero-order chi connectivity index (χ0) is 13.2. The van der Waals surface area contributed by atoms with Crippen LogP contribution in [0.25, 0.3) is 10.1 Å². The fraction of sp³-hybridized carbons (Fsp3) is 0.400. The first-order valence-corrected chi connectivity index (χ1v) is 7.98. The van der Waals surface area contributed by atoms with Gasteiger partial charge in [0, 0.05) is 17.8 Å². The van der Waals surface area contributed by atoms with E-state index in [1.165, 1.54) is 11.1 Å². The Morgan fingerprint density at radius 1 is 1.21 bits per heavy atom. The molecule has 2 heterocycles. The van der Waals surface area contributed by atoms with Gasteiger partial charge in [-0.05, 0) is 41.7 Å². The Kier molecular flexibility index (Phi) is 3.76. The number of hydrogen-bond donors (Lipinski definition) is 0. The lowest BCUT2D eigenvalue weighted by atomic mass is 10.1. The van der Waals surface area contributed by atoms with Crippen LogP contribution >= 0.6 is 22.9 Å². The van der Waals surface area contributed by atoms with Crippen LogP contribution in [0.2, 0.25) is 0 Å². The molecule has 0 aliphatic carbocycles. The zero-order valence-electron chi connectivity index (χ0n) is 10.6. The van der Waals surface area contributed by atoms with Crippen LogP contribution in [-0.4, -0.2) is 23.9 Å². The predicted molar refractivity (Wildman–Crippen MR) is 80.9 cm³/mol. The number of rotatable bonds is 2. The van der Waals surface area contributed by atoms with Gasteiger partial charge >= 0.3 is 0 Å². The lowest BCUT2D eigenvalue weighted by molar-refractivity contribution is -0.131. The molecule has 0 spiro atoms. The van der Waals surface area contributed by atoms with Crippen LogP contribution in [0, 0.1) is 0 Å². The number of likely N-dealkylation sites (tertiary alicyclic amines) is 1. The van der Waals surface area contributed by atoms with E-state index in [1.54, 1.807) is 11.3 Å². The number of nitrogens with zero attached hydrogens (tertiary/aromatic N) is 1. The first-order valence-electron chi connectivity index (χ1n) is 6.66. The summed E-state index contributed by atoms with van der Waals surface area (Å²) >= 11 is 8.08. The molecule has 1 unspecified atom stereocenters. The van der Waals surface area contributed by atoms with Crippen molar-refractivity contribution >= 4 is 38.9 Å². The maximum Gasteiger partial charge on any atom is 0.245 e. The lowest BCUT2D eigenvalue weighted by Gasteiger charge is -2.28. The summed E-state index contributed by atoms with van der Waals surface area (Å²) < 4.78 is 1.19. The van der Waals surface area contributed by atoms with Crippen LogP contribution in [-0.2, 0) is 4.79 Å². The molecule has 0 N–H and O–H groups in total. The number of piperidine rings is 1. The highest BCUT2D eigenvalue weighted by atomic mass is 35.5. The summed E-state index contributed by atoms with van der Waals surface area (Å²) in [4.78, 5) is 14.3. The van der Waals surface area contributed by atoms with E-state index in [9.17, 15) is 4.79 Å². The molecule has 2 aromatic rings. The molecular weight excluding hydrogens is 278 g/mol. The van der Waals surface area contributed by atoms with Crippen molar-refractivity contribution in [3.8, 4) is 0 Å². The minimum absolute atomic E-state index is 0.0601. The number of amides is 1. The highest BCUT2D eigenvalue weighted by Gasteiger charge is 2.26. The van der Waals surface area contributed by atoms with Crippen molar-refractivity contribution in [1.29, 1.82) is 0 Å². The fourth-order valence-corrected chi connectivity index (χ4v) is 3.98. The Labute approximate surface area is 122 Å². The summed E-state index contributed by atoms with van der Waals surface area (Å²) in [6.07, 6.45) is 3.41.